The minimum atomic E-state index is -4.57. The third-order valence-electron chi connectivity index (χ3n) is 8.15. The number of benzene rings is 2. The molecular weight excluding hydrogens is 563 g/mol. The molecule has 2 aromatic carbocycles. The van der Waals surface area contributed by atoms with E-state index in [4.69, 9.17) is 4.74 Å². The lowest BCUT2D eigenvalue weighted by Crippen LogP contribution is -2.40. The molecule has 1 fully saturated rings. The number of carboxylic acid groups (broad SMARTS) is 1. The van der Waals surface area contributed by atoms with Gasteiger partial charge in [0.15, 0.2) is 0 Å². The first-order chi connectivity index (χ1) is 20.5. The quantitative estimate of drug-likeness (QED) is 0.454. The highest BCUT2D eigenvalue weighted by molar-refractivity contribution is 5.98. The molecule has 1 N–H and O–H groups in total. The summed E-state index contributed by atoms with van der Waals surface area (Å²) < 4.78 is 45.5. The zero-order valence-electron chi connectivity index (χ0n) is 24.6. The van der Waals surface area contributed by atoms with E-state index >= 15 is 0 Å². The number of aliphatic carboxylic acids is 1. The Hall–Kier alpha value is -3.44. The third-order valence-corrected chi connectivity index (χ3v) is 8.15. The van der Waals surface area contributed by atoms with Gasteiger partial charge in [0.25, 0.3) is 5.91 Å². The predicted octanol–water partition coefficient (Wildman–Crippen LogP) is 5.73. The van der Waals surface area contributed by atoms with Crippen LogP contribution in [0.3, 0.4) is 0 Å². The number of anilines is 1. The molecule has 2 aliphatic rings. The SMILES string of the molecule is CC(=O)N1CCCCCCCN(C2CCOCC2)Cc2cc(C(=O)N(CC(=O)O)Cc3cccc(C(F)(F)F)c3)ccc21. The molecule has 1 saturated heterocycles. The first kappa shape index (κ1) is 32.5. The zero-order chi connectivity index (χ0) is 31.0. The van der Waals surface area contributed by atoms with E-state index in [1.165, 1.54) is 19.1 Å². The number of fused-ring (bicyclic) bond motifs is 1. The number of nitrogens with zero attached hydrogens (tertiary/aromatic N) is 3. The summed E-state index contributed by atoms with van der Waals surface area (Å²) in [6.07, 6.45) is 2.28. The van der Waals surface area contributed by atoms with Crippen LogP contribution in [-0.2, 0) is 33.6 Å². The maximum Gasteiger partial charge on any atom is 0.416 e. The van der Waals surface area contributed by atoms with Gasteiger partial charge in [-0.15, -0.1) is 0 Å². The summed E-state index contributed by atoms with van der Waals surface area (Å²) in [6, 6.07) is 9.85. The van der Waals surface area contributed by atoms with Crippen molar-refractivity contribution in [1.29, 1.82) is 0 Å². The zero-order valence-corrected chi connectivity index (χ0v) is 24.6. The van der Waals surface area contributed by atoms with Crippen LogP contribution in [0.1, 0.15) is 78.9 Å². The molecule has 2 aromatic rings. The Morgan fingerprint density at radius 1 is 0.977 bits per heavy atom. The number of alkyl halides is 3. The summed E-state index contributed by atoms with van der Waals surface area (Å²) in [5.41, 5.74) is 1.01. The van der Waals surface area contributed by atoms with Crippen LogP contribution < -0.4 is 4.90 Å². The van der Waals surface area contributed by atoms with Crippen molar-refractivity contribution in [3.05, 3.63) is 64.7 Å². The minimum absolute atomic E-state index is 0.105. The van der Waals surface area contributed by atoms with Crippen LogP contribution in [0, 0.1) is 0 Å². The molecule has 0 aliphatic carbocycles. The van der Waals surface area contributed by atoms with Gasteiger partial charge in [-0.2, -0.15) is 13.2 Å². The lowest BCUT2D eigenvalue weighted by molar-refractivity contribution is -0.139. The van der Waals surface area contributed by atoms with Gasteiger partial charge < -0.3 is 19.6 Å². The largest absolute Gasteiger partial charge is 0.480 e. The number of hydrogen-bond donors (Lipinski definition) is 1. The summed E-state index contributed by atoms with van der Waals surface area (Å²) in [5, 5.41) is 9.55. The first-order valence-electron chi connectivity index (χ1n) is 14.9. The second kappa shape index (κ2) is 14.8. The highest BCUT2D eigenvalue weighted by atomic mass is 19.4. The Kier molecular flexibility index (Phi) is 11.2. The van der Waals surface area contributed by atoms with Gasteiger partial charge in [0.2, 0.25) is 5.91 Å². The third kappa shape index (κ3) is 9.03. The molecule has 11 heteroatoms. The van der Waals surface area contributed by atoms with Crippen LogP contribution in [-0.4, -0.2) is 71.6 Å². The molecule has 0 aromatic heterocycles. The van der Waals surface area contributed by atoms with Crippen molar-refractivity contribution in [2.45, 2.75) is 77.2 Å². The van der Waals surface area contributed by atoms with Crippen LogP contribution in [0.2, 0.25) is 0 Å². The van der Waals surface area contributed by atoms with Gasteiger partial charge >= 0.3 is 12.1 Å². The molecule has 2 heterocycles. The average molecular weight is 604 g/mol. The molecule has 0 atom stereocenters. The Bertz CT molecular complexity index is 1280. The van der Waals surface area contributed by atoms with E-state index in [1.807, 2.05) is 0 Å². The van der Waals surface area contributed by atoms with Gasteiger partial charge in [0, 0.05) is 57.1 Å². The average Bonchev–Trinajstić information content (AvgIpc) is 2.96. The van der Waals surface area contributed by atoms with Crippen LogP contribution in [0.4, 0.5) is 18.9 Å². The Balaban J connectivity index is 1.70. The standard InChI is InChI=1S/C32H40F3N3O5/c1-23(39)38-15-6-4-2-3-5-14-36(28-12-16-43-17-13-28)21-26-19-25(10-11-29(26)38)31(42)37(22-30(40)41)20-24-8-7-9-27(18-24)32(33,34)35/h7-11,18-19,28H,2-6,12-17,20-22H2,1H3,(H,40,41). The second-order valence-electron chi connectivity index (χ2n) is 11.3. The fraction of sp³-hybridized carbons (Fsp3) is 0.531. The highest BCUT2D eigenvalue weighted by Crippen LogP contribution is 2.31. The summed E-state index contributed by atoms with van der Waals surface area (Å²) in [6.45, 7) is 3.79. The van der Waals surface area contributed by atoms with Gasteiger partial charge in [-0.25, -0.2) is 0 Å². The first-order valence-corrected chi connectivity index (χ1v) is 14.9. The normalized spacial score (nSPS) is 17.8. The summed E-state index contributed by atoms with van der Waals surface area (Å²) in [4.78, 5) is 43.4. The van der Waals surface area contributed by atoms with Crippen molar-refractivity contribution in [2.75, 3.05) is 37.7 Å². The van der Waals surface area contributed by atoms with Crippen molar-refractivity contribution in [2.24, 2.45) is 0 Å². The molecule has 43 heavy (non-hydrogen) atoms. The van der Waals surface area contributed by atoms with Gasteiger partial charge in [0.05, 0.1) is 5.56 Å². The molecule has 0 spiro atoms. The van der Waals surface area contributed by atoms with Gasteiger partial charge in [0.1, 0.15) is 6.54 Å². The van der Waals surface area contributed by atoms with Crippen molar-refractivity contribution in [1.82, 2.24) is 9.80 Å². The molecular formula is C32H40F3N3O5. The number of carbonyl (C=O) groups excluding carboxylic acids is 2. The molecule has 2 aliphatic heterocycles. The Morgan fingerprint density at radius 2 is 1.67 bits per heavy atom. The van der Waals surface area contributed by atoms with Crippen LogP contribution in [0.15, 0.2) is 42.5 Å². The molecule has 234 valence electrons. The Morgan fingerprint density at radius 3 is 2.35 bits per heavy atom. The molecule has 4 rings (SSSR count). The topological polar surface area (TPSA) is 90.4 Å². The number of hydrogen-bond acceptors (Lipinski definition) is 5. The predicted molar refractivity (Wildman–Crippen MR) is 156 cm³/mol. The smallest absolute Gasteiger partial charge is 0.416 e. The summed E-state index contributed by atoms with van der Waals surface area (Å²) >= 11 is 0. The van der Waals surface area contributed by atoms with Crippen LogP contribution >= 0.6 is 0 Å². The number of halogens is 3. The van der Waals surface area contributed by atoms with E-state index in [-0.39, 0.29) is 23.6 Å². The number of rotatable bonds is 6. The monoisotopic (exact) mass is 603 g/mol. The lowest BCUT2D eigenvalue weighted by Gasteiger charge is -2.36. The highest BCUT2D eigenvalue weighted by Gasteiger charge is 2.31. The number of carbonyl (C=O) groups is 3. The van der Waals surface area contributed by atoms with Crippen LogP contribution in [0.25, 0.3) is 0 Å². The van der Waals surface area contributed by atoms with E-state index in [0.29, 0.717) is 38.0 Å². The second-order valence-corrected chi connectivity index (χ2v) is 11.3. The molecule has 0 bridgehead atoms. The van der Waals surface area contributed by atoms with E-state index in [0.717, 1.165) is 74.1 Å². The van der Waals surface area contributed by atoms with Gasteiger partial charge in [-0.05, 0) is 73.7 Å². The molecule has 0 unspecified atom stereocenters. The van der Waals surface area contributed by atoms with E-state index in [2.05, 4.69) is 4.90 Å². The van der Waals surface area contributed by atoms with Crippen molar-refractivity contribution >= 4 is 23.5 Å². The molecule has 0 saturated carbocycles. The van der Waals surface area contributed by atoms with E-state index in [9.17, 15) is 32.7 Å². The molecule has 0 radical (unpaired) electrons. The summed E-state index contributed by atoms with van der Waals surface area (Å²) in [7, 11) is 0. The molecule has 2 amide bonds. The van der Waals surface area contributed by atoms with Crippen LogP contribution in [0.5, 0.6) is 0 Å². The van der Waals surface area contributed by atoms with E-state index < -0.39 is 30.2 Å². The fourth-order valence-electron chi connectivity index (χ4n) is 5.94. The van der Waals surface area contributed by atoms with Gasteiger partial charge in [-0.3, -0.25) is 19.3 Å². The van der Waals surface area contributed by atoms with Crippen molar-refractivity contribution in [3.63, 3.8) is 0 Å². The summed E-state index contributed by atoms with van der Waals surface area (Å²) in [5.74, 6) is -1.99. The number of ether oxygens (including phenoxy) is 1. The Labute approximate surface area is 250 Å². The molecule has 8 nitrogen and oxygen atoms in total. The lowest BCUT2D eigenvalue weighted by atomic mass is 10.0. The minimum Gasteiger partial charge on any atom is -0.480 e. The maximum absolute atomic E-state index is 13.8. The van der Waals surface area contributed by atoms with Crippen molar-refractivity contribution < 1.29 is 37.4 Å². The maximum atomic E-state index is 13.8. The van der Waals surface area contributed by atoms with E-state index in [1.54, 1.807) is 23.1 Å². The number of amides is 2. The number of carboxylic acids is 1. The van der Waals surface area contributed by atoms with Gasteiger partial charge in [-0.1, -0.05) is 31.4 Å². The fourth-order valence-corrected chi connectivity index (χ4v) is 5.94. The van der Waals surface area contributed by atoms with Crippen molar-refractivity contribution in [3.8, 4) is 0 Å².